The van der Waals surface area contributed by atoms with Gasteiger partial charge in [0.1, 0.15) is 12.1 Å². The van der Waals surface area contributed by atoms with Crippen LogP contribution in [0.15, 0.2) is 48.7 Å². The molecule has 8 nitrogen and oxygen atoms in total. The lowest BCUT2D eigenvalue weighted by Gasteiger charge is -2.25. The molecule has 1 fully saturated rings. The highest BCUT2D eigenvalue weighted by Crippen LogP contribution is 2.30. The minimum Gasteiger partial charge on any atom is -0.361 e. The van der Waals surface area contributed by atoms with Crippen LogP contribution in [0.5, 0.6) is 0 Å². The van der Waals surface area contributed by atoms with Crippen LogP contribution in [0.2, 0.25) is 0 Å². The number of hydrogen-bond donors (Lipinski definition) is 5. The molecule has 2 aromatic carbocycles. The molecule has 5 N–H and O–H groups in total. The van der Waals surface area contributed by atoms with Crippen molar-refractivity contribution in [2.75, 3.05) is 6.54 Å². The fourth-order valence-corrected chi connectivity index (χ4v) is 5.33. The Morgan fingerprint density at radius 2 is 1.79 bits per heavy atom. The Labute approximate surface area is 243 Å². The summed E-state index contributed by atoms with van der Waals surface area (Å²) < 4.78 is 40.0. The smallest absolute Gasteiger partial charge is 0.361 e. The van der Waals surface area contributed by atoms with Crippen molar-refractivity contribution in [1.29, 1.82) is 0 Å². The summed E-state index contributed by atoms with van der Waals surface area (Å²) in [7, 11) is 0. The molecular weight excluding hydrogens is 547 g/mol. The number of aromatic amines is 1. The molecule has 226 valence electrons. The predicted molar refractivity (Wildman–Crippen MR) is 154 cm³/mol. The molecule has 1 saturated heterocycles. The maximum absolute atomic E-state index is 13.6. The van der Waals surface area contributed by atoms with Crippen LogP contribution in [0.3, 0.4) is 0 Å². The number of alkyl halides is 3. The maximum Gasteiger partial charge on any atom is 0.416 e. The summed E-state index contributed by atoms with van der Waals surface area (Å²) in [5.74, 6) is -1.21. The van der Waals surface area contributed by atoms with Gasteiger partial charge in [-0.05, 0) is 68.0 Å². The molecule has 0 bridgehead atoms. The number of nitrogens with one attached hydrogen (secondary N) is 5. The molecule has 1 aliphatic rings. The van der Waals surface area contributed by atoms with Gasteiger partial charge in [0.25, 0.3) is 0 Å². The molecule has 1 aliphatic heterocycles. The highest BCUT2D eigenvalue weighted by molar-refractivity contribution is 5.94. The van der Waals surface area contributed by atoms with Gasteiger partial charge in [-0.2, -0.15) is 13.2 Å². The number of halogens is 3. The molecule has 3 aromatic rings. The van der Waals surface area contributed by atoms with Crippen LogP contribution < -0.4 is 21.3 Å². The Bertz CT molecular complexity index is 1410. The zero-order valence-corrected chi connectivity index (χ0v) is 24.0. The molecule has 0 saturated carbocycles. The first-order valence-corrected chi connectivity index (χ1v) is 14.3. The lowest BCUT2D eigenvalue weighted by atomic mass is 10.00. The summed E-state index contributed by atoms with van der Waals surface area (Å²) in [6, 6.07) is 8.92. The fourth-order valence-electron chi connectivity index (χ4n) is 5.33. The van der Waals surface area contributed by atoms with Crippen molar-refractivity contribution in [1.82, 2.24) is 26.3 Å². The third-order valence-corrected chi connectivity index (χ3v) is 7.38. The number of aryl methyl sites for hydroxylation is 1. The number of carbonyl (C=O) groups is 3. The van der Waals surface area contributed by atoms with Crippen molar-refractivity contribution in [3.63, 3.8) is 0 Å². The monoisotopic (exact) mass is 585 g/mol. The SMILES string of the molecule is Cc1cc(CNC(=O)[C@H](Cc2c[nH]c3ccccc23)NC(=O)[C@H](CC(C)C)NC(=O)[C@@H]2CCCN2)cc(C(F)(F)F)c1. The largest absolute Gasteiger partial charge is 0.416 e. The van der Waals surface area contributed by atoms with Crippen LogP contribution in [0.1, 0.15) is 55.4 Å². The van der Waals surface area contributed by atoms with Gasteiger partial charge in [0, 0.05) is 30.1 Å². The third-order valence-electron chi connectivity index (χ3n) is 7.38. The van der Waals surface area contributed by atoms with Gasteiger partial charge in [0.2, 0.25) is 17.7 Å². The Hall–Kier alpha value is -3.86. The molecule has 4 rings (SSSR count). The van der Waals surface area contributed by atoms with Gasteiger partial charge in [-0.3, -0.25) is 14.4 Å². The molecule has 42 heavy (non-hydrogen) atoms. The molecule has 0 spiro atoms. The van der Waals surface area contributed by atoms with Gasteiger partial charge in [-0.15, -0.1) is 0 Å². The van der Waals surface area contributed by atoms with E-state index in [1.165, 1.54) is 0 Å². The number of aromatic nitrogens is 1. The highest BCUT2D eigenvalue weighted by atomic mass is 19.4. The second-order valence-electron chi connectivity index (χ2n) is 11.4. The minimum absolute atomic E-state index is 0.0858. The summed E-state index contributed by atoms with van der Waals surface area (Å²) >= 11 is 0. The van der Waals surface area contributed by atoms with Gasteiger partial charge in [0.15, 0.2) is 0 Å². The van der Waals surface area contributed by atoms with E-state index in [2.05, 4.69) is 26.3 Å². The average Bonchev–Trinajstić information content (AvgIpc) is 3.61. The van der Waals surface area contributed by atoms with Crippen molar-refractivity contribution in [3.05, 3.63) is 70.9 Å². The van der Waals surface area contributed by atoms with Crippen LogP contribution in [-0.2, 0) is 33.5 Å². The number of H-pyrrole nitrogens is 1. The standard InChI is InChI=1S/C31H38F3N5O3/c1-18(2)11-26(38-29(41)25-9-6-10-35-25)30(42)39-27(15-21-17-36-24-8-5-4-7-23(21)24)28(40)37-16-20-12-19(3)13-22(14-20)31(32,33)34/h4-5,7-8,12-14,17-18,25-27,35-36H,6,9-11,15-16H2,1-3H3,(H,37,40)(H,38,41)(H,39,42)/t25-,26-,27-/m0/s1. The number of para-hydroxylation sites is 1. The van der Waals surface area contributed by atoms with Gasteiger partial charge < -0.3 is 26.3 Å². The van der Waals surface area contributed by atoms with Crippen LogP contribution in [0.4, 0.5) is 13.2 Å². The first kappa shape index (κ1) is 31.1. The van der Waals surface area contributed by atoms with Crippen LogP contribution in [0, 0.1) is 12.8 Å². The lowest BCUT2D eigenvalue weighted by molar-refractivity contribution is -0.137. The molecule has 11 heteroatoms. The summed E-state index contributed by atoms with van der Waals surface area (Å²) in [5, 5.41) is 12.4. The first-order valence-electron chi connectivity index (χ1n) is 14.3. The van der Waals surface area contributed by atoms with Crippen molar-refractivity contribution in [2.24, 2.45) is 5.92 Å². The Morgan fingerprint density at radius 1 is 1.02 bits per heavy atom. The van der Waals surface area contributed by atoms with Gasteiger partial charge in [-0.25, -0.2) is 0 Å². The molecule has 2 heterocycles. The lowest BCUT2D eigenvalue weighted by Crippen LogP contribution is -2.56. The topological polar surface area (TPSA) is 115 Å². The summed E-state index contributed by atoms with van der Waals surface area (Å²) in [5.41, 5.74) is 1.58. The Kier molecular flexibility index (Phi) is 9.93. The van der Waals surface area contributed by atoms with E-state index in [1.54, 1.807) is 19.2 Å². The Morgan fingerprint density at radius 3 is 2.48 bits per heavy atom. The summed E-state index contributed by atoms with van der Waals surface area (Å²) in [6.07, 6.45) is -0.683. The van der Waals surface area contributed by atoms with Gasteiger partial charge in [0.05, 0.1) is 11.6 Å². The van der Waals surface area contributed by atoms with E-state index in [4.69, 9.17) is 0 Å². The number of benzene rings is 2. The minimum atomic E-state index is -4.51. The van der Waals surface area contributed by atoms with E-state index in [1.807, 2.05) is 38.1 Å². The quantitative estimate of drug-likeness (QED) is 0.233. The molecular formula is C31H38F3N5O3. The van der Waals surface area contributed by atoms with Crippen molar-refractivity contribution < 1.29 is 27.6 Å². The molecule has 1 aromatic heterocycles. The normalized spacial score (nSPS) is 16.8. The predicted octanol–water partition coefficient (Wildman–Crippen LogP) is 4.12. The van der Waals surface area contributed by atoms with E-state index in [0.29, 0.717) is 24.0 Å². The van der Waals surface area contributed by atoms with Crippen molar-refractivity contribution in [2.45, 2.75) is 77.3 Å². The number of hydrogen-bond acceptors (Lipinski definition) is 4. The van der Waals surface area contributed by atoms with Crippen LogP contribution >= 0.6 is 0 Å². The van der Waals surface area contributed by atoms with Crippen LogP contribution in [-0.4, -0.2) is 47.4 Å². The number of amides is 3. The zero-order chi connectivity index (χ0) is 30.4. The third kappa shape index (κ3) is 8.12. The average molecular weight is 586 g/mol. The van der Waals surface area contributed by atoms with Crippen molar-refractivity contribution in [3.8, 4) is 0 Å². The van der Waals surface area contributed by atoms with Gasteiger partial charge in [-0.1, -0.05) is 43.7 Å². The number of carbonyl (C=O) groups excluding carboxylic acids is 3. The molecule has 3 amide bonds. The number of rotatable bonds is 11. The number of fused-ring (bicyclic) bond motifs is 1. The maximum atomic E-state index is 13.6. The summed E-state index contributed by atoms with van der Waals surface area (Å²) in [6.45, 7) is 6.02. The van der Waals surface area contributed by atoms with E-state index in [-0.39, 0.29) is 30.8 Å². The summed E-state index contributed by atoms with van der Waals surface area (Å²) in [4.78, 5) is 43.0. The van der Waals surface area contributed by atoms with E-state index in [9.17, 15) is 27.6 Å². The first-order chi connectivity index (χ1) is 19.9. The fraction of sp³-hybridized carbons (Fsp3) is 0.452. The zero-order valence-electron chi connectivity index (χ0n) is 24.0. The van der Waals surface area contributed by atoms with Crippen molar-refractivity contribution >= 4 is 28.6 Å². The van der Waals surface area contributed by atoms with Crippen LogP contribution in [0.25, 0.3) is 10.9 Å². The molecule has 0 unspecified atom stereocenters. The molecule has 0 radical (unpaired) electrons. The van der Waals surface area contributed by atoms with E-state index < -0.39 is 35.6 Å². The van der Waals surface area contributed by atoms with E-state index >= 15 is 0 Å². The van der Waals surface area contributed by atoms with E-state index in [0.717, 1.165) is 41.6 Å². The molecule has 3 atom stereocenters. The molecule has 0 aliphatic carbocycles. The second-order valence-corrected chi connectivity index (χ2v) is 11.4. The highest BCUT2D eigenvalue weighted by Gasteiger charge is 2.32. The second kappa shape index (κ2) is 13.4. The Balaban J connectivity index is 1.54. The van der Waals surface area contributed by atoms with Gasteiger partial charge >= 0.3 is 6.18 Å².